The minimum absolute atomic E-state index is 0.0165. The van der Waals surface area contributed by atoms with E-state index >= 15 is 0 Å². The van der Waals surface area contributed by atoms with Gasteiger partial charge in [0.05, 0.1) is 23.4 Å². The van der Waals surface area contributed by atoms with Crippen LogP contribution in [0.4, 0.5) is 5.13 Å². The molecule has 8 heteroatoms. The van der Waals surface area contributed by atoms with Crippen LogP contribution in [0.3, 0.4) is 0 Å². The highest BCUT2D eigenvalue weighted by molar-refractivity contribution is 7.22. The lowest BCUT2D eigenvalue weighted by Crippen LogP contribution is -2.44. The normalized spacial score (nSPS) is 14.7. The van der Waals surface area contributed by atoms with E-state index < -0.39 is 11.5 Å². The van der Waals surface area contributed by atoms with Crippen LogP contribution in [0.15, 0.2) is 51.7 Å². The molecule has 3 heterocycles. The van der Waals surface area contributed by atoms with Crippen molar-refractivity contribution >= 4 is 43.6 Å². The van der Waals surface area contributed by atoms with Crippen molar-refractivity contribution in [3.8, 4) is 0 Å². The van der Waals surface area contributed by atoms with Gasteiger partial charge in [-0.15, -0.1) is 0 Å². The predicted octanol–water partition coefficient (Wildman–Crippen LogP) is 4.00. The van der Waals surface area contributed by atoms with Gasteiger partial charge < -0.3 is 9.15 Å². The quantitative estimate of drug-likeness (QED) is 0.417. The average molecular weight is 464 g/mol. The molecule has 1 fully saturated rings. The highest BCUT2D eigenvalue weighted by Crippen LogP contribution is 2.32. The highest BCUT2D eigenvalue weighted by Gasteiger charge is 2.26. The van der Waals surface area contributed by atoms with Gasteiger partial charge >= 0.3 is 5.63 Å². The molecule has 1 aliphatic rings. The summed E-state index contributed by atoms with van der Waals surface area (Å²) < 4.78 is 11.9. The molecule has 2 aromatic heterocycles. The van der Waals surface area contributed by atoms with Crippen LogP contribution in [0.25, 0.3) is 21.2 Å². The number of nitrogens with zero attached hydrogens (tertiary/aromatic N) is 3. The lowest BCUT2D eigenvalue weighted by Gasteiger charge is -2.29. The van der Waals surface area contributed by atoms with Crippen LogP contribution in [0.2, 0.25) is 0 Å². The number of aromatic nitrogens is 1. The van der Waals surface area contributed by atoms with E-state index in [9.17, 15) is 9.59 Å². The fourth-order valence-electron chi connectivity index (χ4n) is 4.18. The summed E-state index contributed by atoms with van der Waals surface area (Å²) in [6.45, 7) is 8.16. The maximum Gasteiger partial charge on any atom is 0.349 e. The highest BCUT2D eigenvalue weighted by atomic mass is 32.1. The zero-order chi connectivity index (χ0) is 22.9. The van der Waals surface area contributed by atoms with Gasteiger partial charge in [0.1, 0.15) is 11.1 Å². The van der Waals surface area contributed by atoms with Crippen LogP contribution in [0.5, 0.6) is 0 Å². The van der Waals surface area contributed by atoms with Gasteiger partial charge in [0.15, 0.2) is 5.13 Å². The van der Waals surface area contributed by atoms with E-state index in [1.54, 1.807) is 23.1 Å². The maximum atomic E-state index is 13.7. The van der Waals surface area contributed by atoms with Gasteiger partial charge in [-0.25, -0.2) is 9.78 Å². The zero-order valence-corrected chi connectivity index (χ0v) is 19.5. The van der Waals surface area contributed by atoms with E-state index in [1.165, 1.54) is 11.3 Å². The Morgan fingerprint density at radius 3 is 2.76 bits per heavy atom. The number of carbonyl (C=O) groups is 1. The minimum Gasteiger partial charge on any atom is -0.422 e. The Bertz CT molecular complexity index is 1390. The molecule has 1 saturated heterocycles. The topological polar surface area (TPSA) is 75.9 Å². The van der Waals surface area contributed by atoms with E-state index in [4.69, 9.17) is 14.1 Å². The number of thiazole rings is 1. The largest absolute Gasteiger partial charge is 0.422 e. The second-order valence-electron chi connectivity index (χ2n) is 8.32. The first-order valence-electron chi connectivity index (χ1n) is 11.0. The van der Waals surface area contributed by atoms with Crippen LogP contribution in [0.1, 0.15) is 21.5 Å². The van der Waals surface area contributed by atoms with Crippen LogP contribution >= 0.6 is 11.3 Å². The maximum absolute atomic E-state index is 13.7. The molecule has 0 saturated carbocycles. The smallest absolute Gasteiger partial charge is 0.349 e. The Hall–Kier alpha value is -3.07. The van der Waals surface area contributed by atoms with Gasteiger partial charge in [-0.2, -0.15) is 0 Å². The number of hydrogen-bond acceptors (Lipinski definition) is 7. The summed E-state index contributed by atoms with van der Waals surface area (Å²) in [5, 5.41) is 1.30. The van der Waals surface area contributed by atoms with Gasteiger partial charge in [-0.05, 0) is 43.2 Å². The Balaban J connectivity index is 1.54. The molecule has 0 unspecified atom stereocenters. The number of para-hydroxylation sites is 1. The Labute approximate surface area is 195 Å². The van der Waals surface area contributed by atoms with E-state index in [0.29, 0.717) is 42.4 Å². The molecular weight excluding hydrogens is 438 g/mol. The third kappa shape index (κ3) is 4.42. The molecule has 170 valence electrons. The van der Waals surface area contributed by atoms with Crippen molar-refractivity contribution in [2.45, 2.75) is 13.8 Å². The molecular formula is C25H25N3O4S. The molecule has 0 aliphatic carbocycles. The van der Waals surface area contributed by atoms with Crippen LogP contribution in [-0.4, -0.2) is 55.2 Å². The van der Waals surface area contributed by atoms with Gasteiger partial charge in [-0.1, -0.05) is 35.6 Å². The molecule has 33 heavy (non-hydrogen) atoms. The SMILES string of the molecule is Cc1cc(C)c2nc(N(CCN3CCOCC3)C(=O)c3cc4ccccc4oc3=O)sc2c1. The Kier molecular flexibility index (Phi) is 5.97. The summed E-state index contributed by atoms with van der Waals surface area (Å²) >= 11 is 1.47. The lowest BCUT2D eigenvalue weighted by atomic mass is 10.1. The zero-order valence-electron chi connectivity index (χ0n) is 18.7. The summed E-state index contributed by atoms with van der Waals surface area (Å²) in [5.74, 6) is -0.392. The van der Waals surface area contributed by atoms with E-state index in [1.807, 2.05) is 26.0 Å². The number of hydrogen-bond donors (Lipinski definition) is 0. The summed E-state index contributed by atoms with van der Waals surface area (Å²) in [6.07, 6.45) is 0. The van der Waals surface area contributed by atoms with Gasteiger partial charge in [0.2, 0.25) is 0 Å². The Morgan fingerprint density at radius 1 is 1.15 bits per heavy atom. The fourth-order valence-corrected chi connectivity index (χ4v) is 5.35. The molecule has 0 bridgehead atoms. The summed E-state index contributed by atoms with van der Waals surface area (Å²) in [5.41, 5.74) is 2.95. The van der Waals surface area contributed by atoms with Gasteiger partial charge in [-0.3, -0.25) is 14.6 Å². The van der Waals surface area contributed by atoms with E-state index in [-0.39, 0.29) is 5.56 Å². The van der Waals surface area contributed by atoms with E-state index in [0.717, 1.165) is 34.4 Å². The third-order valence-corrected chi connectivity index (χ3v) is 6.94. The number of fused-ring (bicyclic) bond motifs is 2. The van der Waals surface area contributed by atoms with Crippen LogP contribution < -0.4 is 10.5 Å². The standard InChI is InChI=1S/C25H25N3O4S/c1-16-13-17(2)22-21(14-16)33-25(26-22)28(8-7-27-9-11-31-12-10-27)23(29)19-15-18-5-3-4-6-20(18)32-24(19)30/h3-6,13-15H,7-12H2,1-2H3. The Morgan fingerprint density at radius 2 is 1.94 bits per heavy atom. The molecule has 0 radical (unpaired) electrons. The van der Waals surface area contributed by atoms with Crippen LogP contribution in [0, 0.1) is 13.8 Å². The molecule has 5 rings (SSSR count). The molecule has 1 amide bonds. The second kappa shape index (κ2) is 9.05. The first-order valence-corrected chi connectivity index (χ1v) is 11.8. The number of carbonyl (C=O) groups excluding carboxylic acids is 1. The number of aryl methyl sites for hydroxylation is 2. The fraction of sp³-hybridized carbons (Fsp3) is 0.320. The summed E-state index contributed by atoms with van der Waals surface area (Å²) in [7, 11) is 0. The third-order valence-electron chi connectivity index (χ3n) is 5.91. The van der Waals surface area contributed by atoms with Gasteiger partial charge in [0, 0.05) is 31.6 Å². The predicted molar refractivity (Wildman–Crippen MR) is 131 cm³/mol. The summed E-state index contributed by atoms with van der Waals surface area (Å²) in [4.78, 5) is 35.1. The van der Waals surface area contributed by atoms with Crippen molar-refractivity contribution < 1.29 is 13.9 Å². The number of anilines is 1. The molecule has 7 nitrogen and oxygen atoms in total. The summed E-state index contributed by atoms with van der Waals surface area (Å²) in [6, 6.07) is 13.0. The number of ether oxygens (including phenoxy) is 1. The van der Waals surface area contributed by atoms with Crippen molar-refractivity contribution in [2.75, 3.05) is 44.3 Å². The number of rotatable bonds is 5. The van der Waals surface area contributed by atoms with Gasteiger partial charge in [0.25, 0.3) is 5.91 Å². The van der Waals surface area contributed by atoms with Crippen LogP contribution in [-0.2, 0) is 4.74 Å². The van der Waals surface area contributed by atoms with Crippen molar-refractivity contribution in [3.05, 3.63) is 69.6 Å². The average Bonchev–Trinajstić information content (AvgIpc) is 3.23. The molecule has 0 N–H and O–H groups in total. The van der Waals surface area contributed by atoms with Crippen molar-refractivity contribution in [3.63, 3.8) is 0 Å². The molecule has 1 aliphatic heterocycles. The number of benzene rings is 2. The minimum atomic E-state index is -0.636. The van der Waals surface area contributed by atoms with E-state index in [2.05, 4.69) is 17.0 Å². The number of amides is 1. The van der Waals surface area contributed by atoms with Crippen molar-refractivity contribution in [1.82, 2.24) is 9.88 Å². The molecule has 4 aromatic rings. The number of morpholine rings is 1. The molecule has 0 spiro atoms. The molecule has 2 aromatic carbocycles. The van der Waals surface area contributed by atoms with Crippen molar-refractivity contribution in [2.24, 2.45) is 0 Å². The first kappa shape index (κ1) is 21.8. The van der Waals surface area contributed by atoms with Crippen molar-refractivity contribution in [1.29, 1.82) is 0 Å². The first-order chi connectivity index (χ1) is 16.0. The second-order valence-corrected chi connectivity index (χ2v) is 9.33. The monoisotopic (exact) mass is 463 g/mol. The lowest BCUT2D eigenvalue weighted by molar-refractivity contribution is 0.0391. The molecule has 0 atom stereocenters.